The Bertz CT molecular complexity index is 744. The summed E-state index contributed by atoms with van der Waals surface area (Å²) in [5.41, 5.74) is 0.929. The molecule has 0 spiro atoms. The van der Waals surface area contributed by atoms with Crippen molar-refractivity contribution < 1.29 is 27.8 Å². The topological polar surface area (TPSA) is 56.5 Å². The standard InChI is InChI=1S/C17H17F3N2O3/c18-17(19,20)7-10-1-3-11(4-2-10)16-21-5-6-22(16)12-8-24-15-13(23)9-25-14(12)15/h1-6,12-15,23H,7-9H2/t12-,13+,14+,15+/m0/s1. The Morgan fingerprint density at radius 3 is 2.56 bits per heavy atom. The van der Waals surface area contributed by atoms with E-state index in [0.717, 1.165) is 5.56 Å². The molecule has 8 heteroatoms. The number of hydrogen-bond donors (Lipinski definition) is 1. The highest BCUT2D eigenvalue weighted by Gasteiger charge is 2.48. The fourth-order valence-corrected chi connectivity index (χ4v) is 3.50. The summed E-state index contributed by atoms with van der Waals surface area (Å²) in [7, 11) is 0. The molecule has 4 atom stereocenters. The van der Waals surface area contributed by atoms with Crippen LogP contribution >= 0.6 is 0 Å². The third kappa shape index (κ3) is 3.17. The van der Waals surface area contributed by atoms with Crippen molar-refractivity contribution in [2.45, 2.75) is 37.0 Å². The minimum absolute atomic E-state index is 0.130. The van der Waals surface area contributed by atoms with E-state index in [1.807, 2.05) is 4.57 Å². The highest BCUT2D eigenvalue weighted by Crippen LogP contribution is 2.36. The van der Waals surface area contributed by atoms with Gasteiger partial charge in [-0.15, -0.1) is 0 Å². The summed E-state index contributed by atoms with van der Waals surface area (Å²) in [6.07, 6.45) is -2.99. The smallest absolute Gasteiger partial charge is 0.388 e. The molecule has 2 fully saturated rings. The average molecular weight is 354 g/mol. The van der Waals surface area contributed by atoms with Crippen LogP contribution in [0.25, 0.3) is 11.4 Å². The van der Waals surface area contributed by atoms with Crippen LogP contribution in [0.15, 0.2) is 36.7 Å². The minimum atomic E-state index is -4.23. The molecule has 3 heterocycles. The number of ether oxygens (including phenoxy) is 2. The van der Waals surface area contributed by atoms with E-state index in [4.69, 9.17) is 9.47 Å². The zero-order valence-corrected chi connectivity index (χ0v) is 13.2. The summed E-state index contributed by atoms with van der Waals surface area (Å²) in [5, 5.41) is 9.86. The van der Waals surface area contributed by atoms with Crippen LogP contribution in [0.4, 0.5) is 13.2 Å². The number of halogens is 3. The second-order valence-corrected chi connectivity index (χ2v) is 6.38. The van der Waals surface area contributed by atoms with Gasteiger partial charge < -0.3 is 19.1 Å². The van der Waals surface area contributed by atoms with Crippen molar-refractivity contribution in [3.05, 3.63) is 42.2 Å². The first-order valence-corrected chi connectivity index (χ1v) is 8.02. The van der Waals surface area contributed by atoms with Crippen LogP contribution in [0.3, 0.4) is 0 Å². The van der Waals surface area contributed by atoms with Gasteiger partial charge in [0.25, 0.3) is 0 Å². The molecule has 0 saturated carbocycles. The lowest BCUT2D eigenvalue weighted by molar-refractivity contribution is -0.127. The van der Waals surface area contributed by atoms with Gasteiger partial charge in [0.2, 0.25) is 0 Å². The summed E-state index contributed by atoms with van der Waals surface area (Å²) in [5.74, 6) is 0.637. The monoisotopic (exact) mass is 354 g/mol. The van der Waals surface area contributed by atoms with Gasteiger partial charge in [0.05, 0.1) is 25.7 Å². The van der Waals surface area contributed by atoms with E-state index in [1.165, 1.54) is 12.1 Å². The van der Waals surface area contributed by atoms with E-state index in [1.54, 1.807) is 24.5 Å². The molecule has 2 saturated heterocycles. The maximum absolute atomic E-state index is 12.5. The van der Waals surface area contributed by atoms with Gasteiger partial charge in [0.1, 0.15) is 24.1 Å². The van der Waals surface area contributed by atoms with Crippen molar-refractivity contribution in [3.63, 3.8) is 0 Å². The molecular formula is C17H17F3N2O3. The highest BCUT2D eigenvalue weighted by atomic mass is 19.4. The lowest BCUT2D eigenvalue weighted by atomic mass is 10.1. The fourth-order valence-electron chi connectivity index (χ4n) is 3.50. The molecule has 0 unspecified atom stereocenters. The molecule has 5 nitrogen and oxygen atoms in total. The highest BCUT2D eigenvalue weighted by molar-refractivity contribution is 5.56. The first-order chi connectivity index (χ1) is 11.9. The predicted molar refractivity (Wildman–Crippen MR) is 81.9 cm³/mol. The summed E-state index contributed by atoms with van der Waals surface area (Å²) in [4.78, 5) is 4.34. The van der Waals surface area contributed by atoms with Crippen LogP contribution in [-0.2, 0) is 15.9 Å². The number of alkyl halides is 3. The van der Waals surface area contributed by atoms with Crippen molar-refractivity contribution in [1.29, 1.82) is 0 Å². The number of aliphatic hydroxyl groups is 1. The molecule has 1 aromatic carbocycles. The van der Waals surface area contributed by atoms with Gasteiger partial charge >= 0.3 is 6.18 Å². The lowest BCUT2D eigenvalue weighted by Gasteiger charge is -2.19. The van der Waals surface area contributed by atoms with Crippen LogP contribution in [0.5, 0.6) is 0 Å². The van der Waals surface area contributed by atoms with Gasteiger partial charge in [0.15, 0.2) is 0 Å². The minimum Gasteiger partial charge on any atom is -0.388 e. The zero-order chi connectivity index (χ0) is 17.6. The summed E-state index contributed by atoms with van der Waals surface area (Å²) in [6, 6.07) is 6.07. The number of rotatable bonds is 3. The zero-order valence-electron chi connectivity index (χ0n) is 13.2. The number of nitrogens with zero attached hydrogens (tertiary/aromatic N) is 2. The molecule has 134 valence electrons. The molecule has 25 heavy (non-hydrogen) atoms. The van der Waals surface area contributed by atoms with Crippen molar-refractivity contribution in [1.82, 2.24) is 9.55 Å². The van der Waals surface area contributed by atoms with Crippen LogP contribution < -0.4 is 0 Å². The third-order valence-corrected chi connectivity index (χ3v) is 4.64. The van der Waals surface area contributed by atoms with E-state index < -0.39 is 18.7 Å². The van der Waals surface area contributed by atoms with Gasteiger partial charge in [-0.2, -0.15) is 13.2 Å². The van der Waals surface area contributed by atoms with E-state index in [-0.39, 0.29) is 30.4 Å². The number of benzene rings is 1. The fraction of sp³-hybridized carbons (Fsp3) is 0.471. The average Bonchev–Trinajstić information content (AvgIpc) is 3.24. The van der Waals surface area contributed by atoms with E-state index >= 15 is 0 Å². The summed E-state index contributed by atoms with van der Waals surface area (Å²) in [6.45, 7) is 0.629. The molecular weight excluding hydrogens is 337 g/mol. The Morgan fingerprint density at radius 2 is 1.84 bits per heavy atom. The first kappa shape index (κ1) is 16.6. The quantitative estimate of drug-likeness (QED) is 0.919. The van der Waals surface area contributed by atoms with E-state index in [2.05, 4.69) is 4.98 Å². The van der Waals surface area contributed by atoms with E-state index in [9.17, 15) is 18.3 Å². The lowest BCUT2D eigenvalue weighted by Crippen LogP contribution is -2.30. The predicted octanol–water partition coefficient (Wildman–Crippen LogP) is 2.35. The molecule has 2 aromatic rings. The Balaban J connectivity index is 1.58. The molecule has 0 aliphatic carbocycles. The van der Waals surface area contributed by atoms with E-state index in [0.29, 0.717) is 12.4 Å². The maximum atomic E-state index is 12.5. The number of imidazole rings is 1. The Hall–Kier alpha value is -1.90. The molecule has 2 aliphatic rings. The Morgan fingerprint density at radius 1 is 1.12 bits per heavy atom. The van der Waals surface area contributed by atoms with Gasteiger partial charge in [-0.25, -0.2) is 4.98 Å². The van der Waals surface area contributed by atoms with Gasteiger partial charge in [-0.05, 0) is 5.56 Å². The molecule has 4 rings (SSSR count). The van der Waals surface area contributed by atoms with Crippen LogP contribution in [0, 0.1) is 0 Å². The third-order valence-electron chi connectivity index (χ3n) is 4.64. The van der Waals surface area contributed by atoms with Crippen LogP contribution in [0.1, 0.15) is 11.6 Å². The molecule has 1 aromatic heterocycles. The molecule has 0 bridgehead atoms. The van der Waals surface area contributed by atoms with Crippen LogP contribution in [0.2, 0.25) is 0 Å². The molecule has 0 amide bonds. The Labute approximate surface area is 142 Å². The number of hydrogen-bond acceptors (Lipinski definition) is 4. The second kappa shape index (κ2) is 6.12. The molecule has 1 N–H and O–H groups in total. The van der Waals surface area contributed by atoms with Crippen molar-refractivity contribution in [2.24, 2.45) is 0 Å². The number of aliphatic hydroxyl groups excluding tert-OH is 1. The normalized spacial score (nSPS) is 29.1. The van der Waals surface area contributed by atoms with Crippen molar-refractivity contribution in [3.8, 4) is 11.4 Å². The van der Waals surface area contributed by atoms with Crippen molar-refractivity contribution >= 4 is 0 Å². The summed E-state index contributed by atoms with van der Waals surface area (Å²) < 4.78 is 50.6. The maximum Gasteiger partial charge on any atom is 0.393 e. The van der Waals surface area contributed by atoms with Crippen molar-refractivity contribution in [2.75, 3.05) is 13.2 Å². The van der Waals surface area contributed by atoms with Gasteiger partial charge in [-0.1, -0.05) is 24.3 Å². The number of fused-ring (bicyclic) bond motifs is 1. The molecule has 0 radical (unpaired) electrons. The van der Waals surface area contributed by atoms with Crippen LogP contribution in [-0.4, -0.2) is 52.4 Å². The van der Waals surface area contributed by atoms with Gasteiger partial charge in [0, 0.05) is 18.0 Å². The SMILES string of the molecule is O[C@@H]1CO[C@H]2[C@@H]1OC[C@@H]2n1ccnc1-c1ccc(CC(F)(F)F)cc1. The Kier molecular flexibility index (Phi) is 4.05. The largest absolute Gasteiger partial charge is 0.393 e. The first-order valence-electron chi connectivity index (χ1n) is 8.02. The van der Waals surface area contributed by atoms with Gasteiger partial charge in [-0.3, -0.25) is 0 Å². The second-order valence-electron chi connectivity index (χ2n) is 6.38. The molecule has 2 aliphatic heterocycles. The number of aromatic nitrogens is 2. The summed E-state index contributed by atoms with van der Waals surface area (Å²) >= 11 is 0.